The Bertz CT molecular complexity index is 1040. The third-order valence-corrected chi connectivity index (χ3v) is 5.83. The van der Waals surface area contributed by atoms with Crippen molar-refractivity contribution in [1.29, 1.82) is 0 Å². The summed E-state index contributed by atoms with van der Waals surface area (Å²) >= 11 is 7.67. The van der Waals surface area contributed by atoms with Crippen molar-refractivity contribution in [3.05, 3.63) is 53.1 Å². The molecule has 8 heteroatoms. The number of amides is 1. The molecule has 1 amide bonds. The second kappa shape index (κ2) is 7.77. The van der Waals surface area contributed by atoms with E-state index in [9.17, 15) is 9.59 Å². The van der Waals surface area contributed by atoms with Gasteiger partial charge in [0.1, 0.15) is 5.75 Å². The summed E-state index contributed by atoms with van der Waals surface area (Å²) in [5.41, 5.74) is 1.45. The van der Waals surface area contributed by atoms with E-state index >= 15 is 0 Å². The van der Waals surface area contributed by atoms with Crippen LogP contribution in [0, 0.1) is 0 Å². The smallest absolute Gasteiger partial charge is 0.308 e. The zero-order valence-corrected chi connectivity index (χ0v) is 16.8. The number of hydrogen-bond donors (Lipinski definition) is 0. The Morgan fingerprint density at radius 2 is 1.89 bits per heavy atom. The van der Waals surface area contributed by atoms with Gasteiger partial charge in [-0.05, 0) is 36.4 Å². The minimum atomic E-state index is -0.407. The first kappa shape index (κ1) is 18.7. The predicted molar refractivity (Wildman–Crippen MR) is 110 cm³/mol. The van der Waals surface area contributed by atoms with Gasteiger partial charge in [0.05, 0.1) is 10.2 Å². The van der Waals surface area contributed by atoms with Crippen molar-refractivity contribution in [2.75, 3.05) is 31.1 Å². The Morgan fingerprint density at radius 1 is 1.11 bits per heavy atom. The molecule has 0 saturated carbocycles. The van der Waals surface area contributed by atoms with Crippen LogP contribution < -0.4 is 9.64 Å². The summed E-state index contributed by atoms with van der Waals surface area (Å²) in [6.07, 6.45) is 0. The highest BCUT2D eigenvalue weighted by Crippen LogP contribution is 2.31. The number of esters is 1. The van der Waals surface area contributed by atoms with E-state index in [2.05, 4.69) is 9.88 Å². The van der Waals surface area contributed by atoms with Crippen molar-refractivity contribution >= 4 is 50.2 Å². The van der Waals surface area contributed by atoms with E-state index in [4.69, 9.17) is 16.3 Å². The molecule has 0 bridgehead atoms. The molecule has 0 spiro atoms. The summed E-state index contributed by atoms with van der Waals surface area (Å²) < 4.78 is 6.13. The number of carbonyl (C=O) groups excluding carboxylic acids is 2. The predicted octanol–water partition coefficient (Wildman–Crippen LogP) is 3.84. The van der Waals surface area contributed by atoms with Gasteiger partial charge in [0.2, 0.25) is 0 Å². The largest absolute Gasteiger partial charge is 0.427 e. The molecular weight excluding hydrogens is 398 g/mol. The van der Waals surface area contributed by atoms with E-state index in [1.54, 1.807) is 35.6 Å². The number of thiazole rings is 1. The molecule has 0 unspecified atom stereocenters. The average molecular weight is 416 g/mol. The van der Waals surface area contributed by atoms with Crippen LogP contribution in [-0.4, -0.2) is 47.9 Å². The molecule has 0 N–H and O–H groups in total. The van der Waals surface area contributed by atoms with Gasteiger partial charge in [-0.15, -0.1) is 0 Å². The van der Waals surface area contributed by atoms with Crippen LogP contribution in [-0.2, 0) is 4.79 Å². The molecule has 2 aromatic carbocycles. The van der Waals surface area contributed by atoms with Gasteiger partial charge in [0.25, 0.3) is 5.91 Å². The lowest BCUT2D eigenvalue weighted by atomic mass is 10.1. The van der Waals surface area contributed by atoms with Gasteiger partial charge < -0.3 is 14.5 Å². The van der Waals surface area contributed by atoms with E-state index in [1.807, 2.05) is 23.1 Å². The van der Waals surface area contributed by atoms with E-state index in [0.717, 1.165) is 15.3 Å². The van der Waals surface area contributed by atoms with Crippen molar-refractivity contribution in [2.24, 2.45) is 0 Å². The monoisotopic (exact) mass is 415 g/mol. The Balaban J connectivity index is 1.43. The fraction of sp³-hybridized carbons (Fsp3) is 0.250. The van der Waals surface area contributed by atoms with Gasteiger partial charge in [0.15, 0.2) is 5.13 Å². The molecule has 144 valence electrons. The maximum Gasteiger partial charge on any atom is 0.308 e. The minimum absolute atomic E-state index is 0.0651. The molecule has 1 aliphatic rings. The number of rotatable bonds is 3. The van der Waals surface area contributed by atoms with Crippen LogP contribution in [0.4, 0.5) is 5.13 Å². The highest BCUT2D eigenvalue weighted by Gasteiger charge is 2.24. The first-order valence-corrected chi connectivity index (χ1v) is 10.1. The van der Waals surface area contributed by atoms with E-state index in [-0.39, 0.29) is 5.91 Å². The Labute approximate surface area is 171 Å². The Hall–Kier alpha value is -2.64. The van der Waals surface area contributed by atoms with Gasteiger partial charge in [-0.25, -0.2) is 4.98 Å². The molecule has 1 aliphatic heterocycles. The number of ether oxygens (including phenoxy) is 1. The van der Waals surface area contributed by atoms with Crippen molar-refractivity contribution < 1.29 is 14.3 Å². The fourth-order valence-electron chi connectivity index (χ4n) is 3.16. The molecule has 4 rings (SSSR count). The molecule has 2 heterocycles. The first-order valence-electron chi connectivity index (χ1n) is 8.88. The standard InChI is InChI=1S/C20H18ClN3O3S/c1-13(25)27-16-4-2-3-14(11-16)19(26)23-7-9-24(10-8-23)20-22-17-6-5-15(21)12-18(17)28-20/h2-6,11-12H,7-10H2,1H3. The van der Waals surface area contributed by atoms with Crippen LogP contribution >= 0.6 is 22.9 Å². The average Bonchev–Trinajstić information content (AvgIpc) is 3.10. The number of carbonyl (C=O) groups is 2. The molecule has 0 atom stereocenters. The number of benzene rings is 2. The van der Waals surface area contributed by atoms with Crippen LogP contribution in [0.15, 0.2) is 42.5 Å². The molecule has 0 aliphatic carbocycles. The third kappa shape index (κ3) is 3.95. The van der Waals surface area contributed by atoms with Crippen LogP contribution in [0.3, 0.4) is 0 Å². The number of aromatic nitrogens is 1. The summed E-state index contributed by atoms with van der Waals surface area (Å²) in [5, 5.41) is 1.65. The van der Waals surface area contributed by atoms with Gasteiger partial charge in [0, 0.05) is 43.7 Å². The summed E-state index contributed by atoms with van der Waals surface area (Å²) in [6, 6.07) is 12.4. The van der Waals surface area contributed by atoms with Gasteiger partial charge in [-0.1, -0.05) is 29.0 Å². The molecule has 6 nitrogen and oxygen atoms in total. The Kier molecular flexibility index (Phi) is 5.19. The lowest BCUT2D eigenvalue weighted by Gasteiger charge is -2.34. The molecule has 0 radical (unpaired) electrons. The summed E-state index contributed by atoms with van der Waals surface area (Å²) in [5.74, 6) is -0.0924. The molecular formula is C20H18ClN3O3S. The van der Waals surface area contributed by atoms with Crippen molar-refractivity contribution in [1.82, 2.24) is 9.88 Å². The van der Waals surface area contributed by atoms with Crippen LogP contribution in [0.25, 0.3) is 10.2 Å². The number of halogens is 1. The number of anilines is 1. The number of nitrogens with zero attached hydrogens (tertiary/aromatic N) is 3. The van der Waals surface area contributed by atoms with Gasteiger partial charge in [-0.2, -0.15) is 0 Å². The summed E-state index contributed by atoms with van der Waals surface area (Å²) in [6.45, 7) is 3.97. The highest BCUT2D eigenvalue weighted by molar-refractivity contribution is 7.22. The maximum absolute atomic E-state index is 12.8. The van der Waals surface area contributed by atoms with Crippen LogP contribution in [0.2, 0.25) is 5.02 Å². The van der Waals surface area contributed by atoms with Crippen molar-refractivity contribution in [2.45, 2.75) is 6.92 Å². The Morgan fingerprint density at radius 3 is 2.64 bits per heavy atom. The molecule has 3 aromatic rings. The van der Waals surface area contributed by atoms with Gasteiger partial charge in [-0.3, -0.25) is 9.59 Å². The summed E-state index contributed by atoms with van der Waals surface area (Å²) in [4.78, 5) is 32.6. The molecule has 28 heavy (non-hydrogen) atoms. The lowest BCUT2D eigenvalue weighted by Crippen LogP contribution is -2.48. The van der Waals surface area contributed by atoms with E-state index in [1.165, 1.54) is 6.92 Å². The van der Waals surface area contributed by atoms with Crippen molar-refractivity contribution in [3.63, 3.8) is 0 Å². The zero-order valence-electron chi connectivity index (χ0n) is 15.2. The quantitative estimate of drug-likeness (QED) is 0.480. The number of hydrogen-bond acceptors (Lipinski definition) is 6. The number of fused-ring (bicyclic) bond motifs is 1. The first-order chi connectivity index (χ1) is 13.5. The third-order valence-electron chi connectivity index (χ3n) is 4.52. The highest BCUT2D eigenvalue weighted by atomic mass is 35.5. The molecule has 1 aromatic heterocycles. The van der Waals surface area contributed by atoms with Crippen molar-refractivity contribution in [3.8, 4) is 5.75 Å². The lowest BCUT2D eigenvalue weighted by molar-refractivity contribution is -0.131. The van der Waals surface area contributed by atoms with Crippen LogP contribution in [0.5, 0.6) is 5.75 Å². The van der Waals surface area contributed by atoms with E-state index < -0.39 is 5.97 Å². The minimum Gasteiger partial charge on any atom is -0.427 e. The summed E-state index contributed by atoms with van der Waals surface area (Å²) in [7, 11) is 0. The SMILES string of the molecule is CC(=O)Oc1cccc(C(=O)N2CCN(c3nc4ccc(Cl)cc4s3)CC2)c1. The normalized spacial score (nSPS) is 14.4. The maximum atomic E-state index is 12.8. The van der Waals surface area contributed by atoms with E-state index in [0.29, 0.717) is 42.5 Å². The van der Waals surface area contributed by atoms with Crippen LogP contribution in [0.1, 0.15) is 17.3 Å². The zero-order chi connectivity index (χ0) is 19.7. The molecule has 1 saturated heterocycles. The fourth-order valence-corrected chi connectivity index (χ4v) is 4.46. The second-order valence-corrected chi connectivity index (χ2v) is 7.95. The topological polar surface area (TPSA) is 62.7 Å². The van der Waals surface area contributed by atoms with Gasteiger partial charge >= 0.3 is 5.97 Å². The number of piperazine rings is 1. The second-order valence-electron chi connectivity index (χ2n) is 6.51. The molecule has 1 fully saturated rings.